The Hall–Kier alpha value is -8.26. The van der Waals surface area contributed by atoms with Gasteiger partial charge in [-0.1, -0.05) is 364 Å². The number of hydrogen-bond acceptors (Lipinski definition) is 9. The van der Waals surface area contributed by atoms with Crippen molar-refractivity contribution in [3.63, 3.8) is 0 Å². The molecule has 15 rings (SSSR count). The van der Waals surface area contributed by atoms with Crippen LogP contribution in [0.25, 0.3) is 0 Å². The molecule has 0 saturated carbocycles. The zero-order valence-electron chi connectivity index (χ0n) is 78.5. The summed E-state index contributed by atoms with van der Waals surface area (Å²) in [5, 5.41) is 41.1. The monoisotopic (exact) mass is 1810 g/mol. The van der Waals surface area contributed by atoms with Gasteiger partial charge in [0, 0.05) is 16.0 Å². The van der Waals surface area contributed by atoms with Crippen LogP contribution in [-0.2, 0) is 107 Å². The third kappa shape index (κ3) is 32.6. The number of hydrogen-bond donors (Lipinski definition) is 4. The van der Waals surface area contributed by atoms with Crippen LogP contribution in [0, 0.1) is 36.7 Å². The summed E-state index contributed by atoms with van der Waals surface area (Å²) in [6.45, 7) is 24.9. The molecule has 15 heteroatoms. The van der Waals surface area contributed by atoms with Crippen molar-refractivity contribution in [2.45, 2.75) is 227 Å². The summed E-state index contributed by atoms with van der Waals surface area (Å²) in [4.78, 5) is 0. The molecule has 3 aliphatic heterocycles. The fourth-order valence-electron chi connectivity index (χ4n) is 16.2. The predicted octanol–water partition coefficient (Wildman–Crippen LogP) is 19.5. The molecule has 0 aromatic heterocycles. The van der Waals surface area contributed by atoms with Crippen molar-refractivity contribution in [3.05, 3.63) is 432 Å². The van der Waals surface area contributed by atoms with Crippen molar-refractivity contribution >= 4 is 15.9 Å². The van der Waals surface area contributed by atoms with Gasteiger partial charge >= 0.3 is 37.7 Å². The number of aryl methyl sites for hydroxylation is 5. The first-order valence-electron chi connectivity index (χ1n) is 46.0. The van der Waals surface area contributed by atoms with Gasteiger partial charge in [-0.15, -0.1) is 0 Å². The van der Waals surface area contributed by atoms with Crippen molar-refractivity contribution in [1.82, 2.24) is 0 Å². The van der Waals surface area contributed by atoms with E-state index in [-0.39, 0.29) is 74.8 Å². The van der Waals surface area contributed by atoms with Crippen LogP contribution in [0.15, 0.2) is 308 Å². The SMILES string of the molecule is CCc1ccc(Cc2c[c-]ccc2)cc1.CCc1ccc(Cc2cccc(Br)c2)cc1.CCc1ccc(Cc2cccc(C3(O)OC(COCc4ccccc4)C(F)C(C)C3C)c2)cc1.CCc1ccc(Cc2cccc(C3OC(CO)C(F)C(O)C3O)c2)cc1.CCc1ccc(Cc2cccc(C3OC(COCc4ccccc4)C(F)C(C)C3C)c2)cc1.[CH2-]CCC.[Li+].[Li+]. The van der Waals surface area contributed by atoms with Crippen LogP contribution in [0.3, 0.4) is 0 Å². The average Bonchev–Trinajstić information content (AvgIpc) is 0.753. The molecule has 15 unspecified atom stereocenters. The molecule has 12 aromatic carbocycles. The Kier molecular flexibility index (Phi) is 46.2. The van der Waals surface area contributed by atoms with E-state index in [9.17, 15) is 24.8 Å². The first-order chi connectivity index (χ1) is 62.0. The van der Waals surface area contributed by atoms with E-state index in [1.807, 2.05) is 136 Å². The Balaban J connectivity index is 0.000000204. The smallest absolute Gasteiger partial charge is 0.394 e. The topological polar surface area (TPSA) is 127 Å². The van der Waals surface area contributed by atoms with Crippen molar-refractivity contribution < 1.29 is 95.0 Å². The van der Waals surface area contributed by atoms with E-state index in [1.54, 1.807) is 6.07 Å². The maximum Gasteiger partial charge on any atom is 1.00 e. The molecule has 12 aromatic rings. The molecule has 0 aliphatic carbocycles. The third-order valence-corrected chi connectivity index (χ3v) is 25.3. The molecule has 9 nitrogen and oxygen atoms in total. The minimum atomic E-state index is -1.81. The first-order valence-corrected chi connectivity index (χ1v) is 46.8. The molecule has 0 bridgehead atoms. The van der Waals surface area contributed by atoms with Crippen LogP contribution in [0.1, 0.15) is 206 Å². The van der Waals surface area contributed by atoms with E-state index >= 15 is 8.78 Å². The molecular formula is C115H134BrF3Li2O9. The number of benzene rings is 12. The molecule has 678 valence electrons. The zero-order valence-corrected chi connectivity index (χ0v) is 80.1. The molecule has 0 radical (unpaired) electrons. The second-order valence-electron chi connectivity index (χ2n) is 34.2. The second kappa shape index (κ2) is 56.1. The van der Waals surface area contributed by atoms with E-state index in [0.717, 1.165) is 103 Å². The largest absolute Gasteiger partial charge is 1.00 e. The van der Waals surface area contributed by atoms with E-state index in [4.69, 9.17) is 23.7 Å². The van der Waals surface area contributed by atoms with Crippen molar-refractivity contribution in [1.29, 1.82) is 0 Å². The standard InChI is InChI=1S/C30H35FO3.C30H35FO2.C21H25FO4.C15H15Br.C15H15.C4H9.2Li/c1-4-23-13-15-24(16-14-23)17-26-11-8-12-27(18-26)30(32)22(3)21(2)29(31)28(34-30)20-33-19-25-9-6-5-7-10-25;1-4-23-13-15-24(16-14-23)17-26-11-8-12-27(18-26)30-22(3)21(2)29(31)28(33-30)20-32-19-25-9-6-5-7-10-25;1-2-13-6-8-14(9-7-13)10-15-4-3-5-16(11-15)21-20(25)19(24)18(22)17(12-23)26-21;1-2-12-6-8-13(9-7-12)10-14-4-3-5-15(16)11-14;1-2-13-8-10-15(11-9-13)12-14-6-4-3-5-7-14;1-3-4-2;;/h5-16,18,21-22,28-29,32H,4,17,19-20H2,1-3H3;5-16,18,21-22,28-30H,4,17,19-20H2,1-3H3;3-9,11,17-21,23-25H,2,10,12H2,1H3;3-9,11H,2,10H2,1H3;3-4,6-11H,2,12H2,1H3;1,3-4H2,2H3;;/q;;;;2*-1;2*+1. The van der Waals surface area contributed by atoms with Gasteiger partial charge < -0.3 is 51.0 Å². The molecule has 0 amide bonds. The van der Waals surface area contributed by atoms with Gasteiger partial charge in [0.1, 0.15) is 49.0 Å². The molecule has 3 aliphatic rings. The number of alkyl halides is 3. The normalized spacial score (nSPS) is 21.9. The minimum absolute atomic E-state index is 0. The predicted molar refractivity (Wildman–Crippen MR) is 519 cm³/mol. The van der Waals surface area contributed by atoms with Crippen LogP contribution in [-0.4, -0.2) is 89.3 Å². The van der Waals surface area contributed by atoms with Crippen LogP contribution in [0.5, 0.6) is 0 Å². The number of rotatable bonds is 28. The molecule has 3 fully saturated rings. The van der Waals surface area contributed by atoms with Gasteiger partial charge in [0.2, 0.25) is 0 Å². The number of aliphatic hydroxyl groups excluding tert-OH is 3. The second-order valence-corrected chi connectivity index (χ2v) is 35.1. The third-order valence-electron chi connectivity index (χ3n) is 24.8. The Labute approximate surface area is 806 Å². The van der Waals surface area contributed by atoms with Crippen molar-refractivity contribution in [3.8, 4) is 0 Å². The van der Waals surface area contributed by atoms with Crippen LogP contribution >= 0.6 is 15.9 Å². The Bertz CT molecular complexity index is 5130. The molecule has 4 N–H and O–H groups in total. The van der Waals surface area contributed by atoms with Crippen LogP contribution in [0.4, 0.5) is 13.2 Å². The summed E-state index contributed by atoms with van der Waals surface area (Å²) in [5.74, 6) is -2.38. The Morgan fingerprint density at radius 3 is 1.13 bits per heavy atom. The summed E-state index contributed by atoms with van der Waals surface area (Å²) in [6, 6.07) is 107. The van der Waals surface area contributed by atoms with Gasteiger partial charge in [0.15, 0.2) is 12.0 Å². The summed E-state index contributed by atoms with van der Waals surface area (Å²) in [7, 11) is 0. The minimum Gasteiger partial charge on any atom is -0.394 e. The number of aliphatic hydroxyl groups is 4. The van der Waals surface area contributed by atoms with Gasteiger partial charge in [0.25, 0.3) is 0 Å². The molecule has 15 atom stereocenters. The number of unbranched alkanes of at least 4 members (excludes halogenated alkanes) is 1. The van der Waals surface area contributed by atoms with E-state index in [0.29, 0.717) is 24.3 Å². The molecule has 0 spiro atoms. The maximum atomic E-state index is 15.2. The molecule has 3 saturated heterocycles. The Morgan fingerprint density at radius 2 is 0.731 bits per heavy atom. The zero-order chi connectivity index (χ0) is 91.3. The van der Waals surface area contributed by atoms with Gasteiger partial charge in [0.05, 0.1) is 39.1 Å². The number of ether oxygens (including phenoxy) is 5. The van der Waals surface area contributed by atoms with E-state index < -0.39 is 73.5 Å². The van der Waals surface area contributed by atoms with Crippen LogP contribution in [0.2, 0.25) is 0 Å². The Morgan fingerprint density at radius 1 is 0.377 bits per heavy atom. The van der Waals surface area contributed by atoms with E-state index in [1.165, 1.54) is 78.7 Å². The average molecular weight is 1810 g/mol. The summed E-state index contributed by atoms with van der Waals surface area (Å²) in [6.07, 6.45) is 1.32. The fraction of sp³-hybridized carbons (Fsp3) is 0.365. The van der Waals surface area contributed by atoms with Gasteiger partial charge in [-0.05, 0) is 189 Å². The first kappa shape index (κ1) is 107. The van der Waals surface area contributed by atoms with Gasteiger partial charge in [-0.25, -0.2) is 13.2 Å². The number of halogens is 4. The van der Waals surface area contributed by atoms with Crippen molar-refractivity contribution in [2.24, 2.45) is 23.7 Å². The fourth-order valence-corrected chi connectivity index (χ4v) is 16.7. The van der Waals surface area contributed by atoms with Gasteiger partial charge in [-0.2, -0.15) is 42.3 Å². The van der Waals surface area contributed by atoms with E-state index in [2.05, 4.69) is 259 Å². The quantitative estimate of drug-likeness (QED) is 0.0280. The summed E-state index contributed by atoms with van der Waals surface area (Å²) < 4.78 is 75.0. The van der Waals surface area contributed by atoms with Crippen LogP contribution < -0.4 is 37.7 Å². The molecular weight excluding hydrogens is 1680 g/mol. The maximum absolute atomic E-state index is 15.2. The van der Waals surface area contributed by atoms with Crippen molar-refractivity contribution in [2.75, 3.05) is 19.8 Å². The summed E-state index contributed by atoms with van der Waals surface area (Å²) >= 11 is 3.50. The van der Waals surface area contributed by atoms with Gasteiger partial charge in [-0.3, -0.25) is 0 Å². The summed E-state index contributed by atoms with van der Waals surface area (Å²) in [5.41, 5.74) is 23.7. The molecule has 3 heterocycles. The molecule has 130 heavy (non-hydrogen) atoms.